The number of carbonyl (C=O) groups is 1. The molecule has 1 saturated heterocycles. The van der Waals surface area contributed by atoms with Crippen LogP contribution in [-0.4, -0.2) is 87.8 Å². The summed E-state index contributed by atoms with van der Waals surface area (Å²) < 4.78 is 10.8. The Morgan fingerprint density at radius 3 is 2.44 bits per heavy atom. The zero-order valence-electron chi connectivity index (χ0n) is 19.9. The number of nitrogens with one attached hydrogen (secondary N) is 2. The fourth-order valence-electron chi connectivity index (χ4n) is 4.49. The van der Waals surface area contributed by atoms with E-state index in [4.69, 9.17) is 14.5 Å². The number of hydrogen-bond acceptors (Lipinski definition) is 5. The van der Waals surface area contributed by atoms with E-state index in [0.29, 0.717) is 12.5 Å². The monoisotopic (exact) mass is 445 g/mol. The maximum absolute atomic E-state index is 12.2. The molecule has 1 aliphatic carbocycles. The van der Waals surface area contributed by atoms with Crippen molar-refractivity contribution in [2.45, 2.75) is 44.2 Å². The molecule has 2 N–H and O–H groups in total. The summed E-state index contributed by atoms with van der Waals surface area (Å²) in [5.74, 6) is 1.52. The summed E-state index contributed by atoms with van der Waals surface area (Å²) in [4.78, 5) is 21.1. The third-order valence-electron chi connectivity index (χ3n) is 6.54. The quantitative estimate of drug-likeness (QED) is 0.470. The largest absolute Gasteiger partial charge is 0.497 e. The van der Waals surface area contributed by atoms with Crippen LogP contribution in [0, 0.1) is 0 Å². The Balaban J connectivity index is 1.69. The van der Waals surface area contributed by atoms with E-state index in [1.54, 1.807) is 26.1 Å². The van der Waals surface area contributed by atoms with Gasteiger partial charge in [-0.2, -0.15) is 0 Å². The van der Waals surface area contributed by atoms with E-state index in [-0.39, 0.29) is 18.0 Å². The average molecular weight is 446 g/mol. The minimum atomic E-state index is 0.0181. The van der Waals surface area contributed by atoms with Crippen molar-refractivity contribution < 1.29 is 14.3 Å². The predicted molar refractivity (Wildman–Crippen MR) is 127 cm³/mol. The third kappa shape index (κ3) is 6.84. The van der Waals surface area contributed by atoms with Crippen molar-refractivity contribution in [2.24, 2.45) is 4.99 Å². The van der Waals surface area contributed by atoms with Gasteiger partial charge in [0.1, 0.15) is 5.75 Å². The van der Waals surface area contributed by atoms with Crippen molar-refractivity contribution in [3.05, 3.63) is 29.8 Å². The van der Waals surface area contributed by atoms with Gasteiger partial charge in [0, 0.05) is 39.3 Å². The first kappa shape index (κ1) is 24.3. The first-order chi connectivity index (χ1) is 15.5. The SMILES string of the molecule is COc1ccc(CN=C(NCC(=O)N(C)C)NCC2(N3CCOCC3)CCCCC2)cc1. The highest BCUT2D eigenvalue weighted by Crippen LogP contribution is 2.33. The number of hydrogen-bond donors (Lipinski definition) is 2. The van der Waals surface area contributed by atoms with Gasteiger partial charge < -0.3 is 25.0 Å². The smallest absolute Gasteiger partial charge is 0.241 e. The maximum atomic E-state index is 12.2. The van der Waals surface area contributed by atoms with Crippen LogP contribution in [0.15, 0.2) is 29.3 Å². The molecule has 0 bridgehead atoms. The molecule has 1 aliphatic heterocycles. The van der Waals surface area contributed by atoms with Crippen LogP contribution < -0.4 is 15.4 Å². The molecule has 8 nitrogen and oxygen atoms in total. The normalized spacial score (nSPS) is 19.3. The summed E-state index contributed by atoms with van der Waals surface area (Å²) in [6, 6.07) is 7.91. The Bertz CT molecular complexity index is 739. The molecule has 8 heteroatoms. The molecule has 0 radical (unpaired) electrons. The molecule has 1 saturated carbocycles. The topological polar surface area (TPSA) is 78.4 Å². The molecule has 3 rings (SSSR count). The van der Waals surface area contributed by atoms with Gasteiger partial charge in [0.25, 0.3) is 0 Å². The molecule has 178 valence electrons. The van der Waals surface area contributed by atoms with E-state index in [2.05, 4.69) is 15.5 Å². The molecular formula is C24H39N5O3. The summed E-state index contributed by atoms with van der Waals surface area (Å²) in [6.07, 6.45) is 6.18. The highest BCUT2D eigenvalue weighted by atomic mass is 16.5. The number of ether oxygens (including phenoxy) is 2. The minimum absolute atomic E-state index is 0.0181. The van der Waals surface area contributed by atoms with Crippen LogP contribution in [-0.2, 0) is 16.1 Å². The number of amides is 1. The summed E-state index contributed by atoms with van der Waals surface area (Å²) in [6.45, 7) is 5.12. The van der Waals surface area contributed by atoms with Crippen molar-refractivity contribution >= 4 is 11.9 Å². The number of likely N-dealkylation sites (N-methyl/N-ethyl adjacent to an activating group) is 1. The van der Waals surface area contributed by atoms with Gasteiger partial charge in [0.05, 0.1) is 33.4 Å². The van der Waals surface area contributed by atoms with E-state index in [9.17, 15) is 4.79 Å². The van der Waals surface area contributed by atoms with Crippen LogP contribution in [0.1, 0.15) is 37.7 Å². The Kier molecular flexibility index (Phi) is 9.17. The molecule has 0 unspecified atom stereocenters. The second kappa shape index (κ2) is 12.1. The molecular weight excluding hydrogens is 406 g/mol. The summed E-state index contributed by atoms with van der Waals surface area (Å²) >= 11 is 0. The van der Waals surface area contributed by atoms with Crippen LogP contribution in [0.4, 0.5) is 0 Å². The lowest BCUT2D eigenvalue weighted by molar-refractivity contribution is -0.127. The lowest BCUT2D eigenvalue weighted by Gasteiger charge is -2.48. The number of benzene rings is 1. The van der Waals surface area contributed by atoms with Gasteiger partial charge in [0.2, 0.25) is 5.91 Å². The van der Waals surface area contributed by atoms with Gasteiger partial charge in [-0.1, -0.05) is 31.4 Å². The second-order valence-corrected chi connectivity index (χ2v) is 8.89. The summed E-state index contributed by atoms with van der Waals surface area (Å²) in [5, 5.41) is 6.81. The number of methoxy groups -OCH3 is 1. The van der Waals surface area contributed by atoms with Crippen LogP contribution in [0.2, 0.25) is 0 Å². The second-order valence-electron chi connectivity index (χ2n) is 8.89. The van der Waals surface area contributed by atoms with E-state index < -0.39 is 0 Å². The van der Waals surface area contributed by atoms with Crippen LogP contribution in [0.25, 0.3) is 0 Å². The molecule has 2 fully saturated rings. The summed E-state index contributed by atoms with van der Waals surface area (Å²) in [5.41, 5.74) is 1.21. The van der Waals surface area contributed by atoms with Crippen molar-refractivity contribution in [3.63, 3.8) is 0 Å². The number of rotatable bonds is 8. The van der Waals surface area contributed by atoms with Crippen molar-refractivity contribution in [1.29, 1.82) is 0 Å². The molecule has 1 aromatic carbocycles. The van der Waals surface area contributed by atoms with Crippen LogP contribution >= 0.6 is 0 Å². The van der Waals surface area contributed by atoms with Crippen LogP contribution in [0.5, 0.6) is 5.75 Å². The third-order valence-corrected chi connectivity index (χ3v) is 6.54. The molecule has 0 atom stereocenters. The Labute approximate surface area is 192 Å². The molecule has 1 amide bonds. The highest BCUT2D eigenvalue weighted by Gasteiger charge is 2.38. The lowest BCUT2D eigenvalue weighted by Crippen LogP contribution is -2.60. The molecule has 1 heterocycles. The van der Waals surface area contributed by atoms with Crippen molar-refractivity contribution in [1.82, 2.24) is 20.4 Å². The van der Waals surface area contributed by atoms with E-state index >= 15 is 0 Å². The highest BCUT2D eigenvalue weighted by molar-refractivity contribution is 5.86. The van der Waals surface area contributed by atoms with Crippen molar-refractivity contribution in [2.75, 3.05) is 60.6 Å². The first-order valence-corrected chi connectivity index (χ1v) is 11.7. The standard InChI is InChI=1S/C24H39N5O3/c1-28(2)22(30)18-26-23(25-17-20-7-9-21(31-3)10-8-20)27-19-24(11-5-4-6-12-24)29-13-15-32-16-14-29/h7-10H,4-6,11-19H2,1-3H3,(H2,25,26,27). The lowest BCUT2D eigenvalue weighted by atomic mass is 9.80. The molecule has 2 aliphatic rings. The van der Waals surface area contributed by atoms with E-state index in [1.165, 1.54) is 32.1 Å². The number of nitrogens with zero attached hydrogens (tertiary/aromatic N) is 3. The number of carbonyl (C=O) groups excluding carboxylic acids is 1. The van der Waals surface area contributed by atoms with E-state index in [1.807, 2.05) is 24.3 Å². The van der Waals surface area contributed by atoms with E-state index in [0.717, 1.165) is 44.2 Å². The fraction of sp³-hybridized carbons (Fsp3) is 0.667. The number of aliphatic imine (C=N–C) groups is 1. The first-order valence-electron chi connectivity index (χ1n) is 11.7. The van der Waals surface area contributed by atoms with Gasteiger partial charge >= 0.3 is 0 Å². The minimum Gasteiger partial charge on any atom is -0.497 e. The van der Waals surface area contributed by atoms with Gasteiger partial charge in [0.15, 0.2) is 5.96 Å². The Hall–Kier alpha value is -2.32. The van der Waals surface area contributed by atoms with Crippen LogP contribution in [0.3, 0.4) is 0 Å². The maximum Gasteiger partial charge on any atom is 0.241 e. The molecule has 1 aromatic rings. The zero-order chi connectivity index (χ0) is 22.8. The van der Waals surface area contributed by atoms with Crippen molar-refractivity contribution in [3.8, 4) is 5.75 Å². The predicted octanol–water partition coefficient (Wildman–Crippen LogP) is 1.85. The zero-order valence-corrected chi connectivity index (χ0v) is 19.9. The molecule has 0 aromatic heterocycles. The Morgan fingerprint density at radius 2 is 1.81 bits per heavy atom. The number of guanidine groups is 1. The Morgan fingerprint density at radius 1 is 1.12 bits per heavy atom. The van der Waals surface area contributed by atoms with Gasteiger partial charge in [-0.05, 0) is 30.5 Å². The molecule has 32 heavy (non-hydrogen) atoms. The fourth-order valence-corrected chi connectivity index (χ4v) is 4.49. The summed E-state index contributed by atoms with van der Waals surface area (Å²) in [7, 11) is 5.19. The number of morpholine rings is 1. The van der Waals surface area contributed by atoms with Gasteiger partial charge in [-0.3, -0.25) is 9.69 Å². The van der Waals surface area contributed by atoms with Gasteiger partial charge in [-0.25, -0.2) is 4.99 Å². The van der Waals surface area contributed by atoms with Gasteiger partial charge in [-0.15, -0.1) is 0 Å². The average Bonchev–Trinajstić information content (AvgIpc) is 2.84. The molecule has 0 spiro atoms.